The molecule has 0 aliphatic heterocycles. The number of rotatable bonds is 5. The van der Waals surface area contributed by atoms with Gasteiger partial charge in [0.05, 0.1) is 0 Å². The van der Waals surface area contributed by atoms with Gasteiger partial charge in [0.1, 0.15) is 0 Å². The second kappa shape index (κ2) is 5.06. The molecule has 0 aromatic carbocycles. The lowest BCUT2D eigenvalue weighted by atomic mass is 10.3. The Bertz CT molecular complexity index is 249. The molecular weight excluding hydrogens is 186 g/mol. The SMILES string of the molecule is CSCCC(C)Nc1nnnn1C. The minimum absolute atomic E-state index is 0.414. The van der Waals surface area contributed by atoms with Crippen LogP contribution in [-0.4, -0.2) is 38.3 Å². The van der Waals surface area contributed by atoms with Crippen LogP contribution < -0.4 is 5.32 Å². The van der Waals surface area contributed by atoms with Crippen molar-refractivity contribution >= 4 is 17.7 Å². The Kier molecular flexibility index (Phi) is 4.01. The van der Waals surface area contributed by atoms with Crippen molar-refractivity contribution in [2.24, 2.45) is 7.05 Å². The van der Waals surface area contributed by atoms with E-state index in [0.29, 0.717) is 6.04 Å². The van der Waals surface area contributed by atoms with Crippen molar-refractivity contribution in [2.75, 3.05) is 17.3 Å². The number of anilines is 1. The Morgan fingerprint density at radius 3 is 2.92 bits per heavy atom. The minimum atomic E-state index is 0.414. The lowest BCUT2D eigenvalue weighted by Gasteiger charge is -2.11. The van der Waals surface area contributed by atoms with Crippen molar-refractivity contribution in [2.45, 2.75) is 19.4 Å². The fraction of sp³-hybridized carbons (Fsp3) is 0.857. The van der Waals surface area contributed by atoms with E-state index in [2.05, 4.69) is 34.0 Å². The molecule has 0 bridgehead atoms. The Morgan fingerprint density at radius 2 is 2.38 bits per heavy atom. The third kappa shape index (κ3) is 3.22. The van der Waals surface area contributed by atoms with Crippen molar-refractivity contribution < 1.29 is 0 Å². The summed E-state index contributed by atoms with van der Waals surface area (Å²) in [5.41, 5.74) is 0. The molecule has 0 saturated heterocycles. The van der Waals surface area contributed by atoms with Crippen LogP contribution in [0.15, 0.2) is 0 Å². The van der Waals surface area contributed by atoms with Crippen LogP contribution in [0.25, 0.3) is 0 Å². The van der Waals surface area contributed by atoms with Gasteiger partial charge in [-0.1, -0.05) is 5.10 Å². The molecule has 1 heterocycles. The van der Waals surface area contributed by atoms with Crippen LogP contribution in [-0.2, 0) is 7.05 Å². The van der Waals surface area contributed by atoms with Gasteiger partial charge < -0.3 is 5.32 Å². The van der Waals surface area contributed by atoms with E-state index in [9.17, 15) is 0 Å². The van der Waals surface area contributed by atoms with E-state index in [4.69, 9.17) is 0 Å². The molecule has 0 fully saturated rings. The number of nitrogens with zero attached hydrogens (tertiary/aromatic N) is 4. The Balaban J connectivity index is 2.36. The smallest absolute Gasteiger partial charge is 0.242 e. The molecule has 1 rings (SSSR count). The second-order valence-electron chi connectivity index (χ2n) is 2.95. The highest BCUT2D eigenvalue weighted by Gasteiger charge is 2.05. The normalized spacial score (nSPS) is 12.8. The van der Waals surface area contributed by atoms with Gasteiger partial charge in [-0.15, -0.1) is 0 Å². The van der Waals surface area contributed by atoms with E-state index in [1.165, 1.54) is 0 Å². The van der Waals surface area contributed by atoms with Crippen LogP contribution in [0.4, 0.5) is 5.95 Å². The first-order chi connectivity index (χ1) is 6.24. The zero-order valence-electron chi connectivity index (χ0n) is 8.19. The zero-order valence-corrected chi connectivity index (χ0v) is 9.01. The second-order valence-corrected chi connectivity index (χ2v) is 3.94. The van der Waals surface area contributed by atoms with Gasteiger partial charge in [0, 0.05) is 13.1 Å². The highest BCUT2D eigenvalue weighted by Crippen LogP contribution is 2.05. The maximum absolute atomic E-state index is 3.85. The summed E-state index contributed by atoms with van der Waals surface area (Å²) in [4.78, 5) is 0. The fourth-order valence-corrected chi connectivity index (χ4v) is 1.53. The van der Waals surface area contributed by atoms with Gasteiger partial charge in [-0.25, -0.2) is 4.68 Å². The van der Waals surface area contributed by atoms with Crippen molar-refractivity contribution in [3.63, 3.8) is 0 Å². The van der Waals surface area contributed by atoms with Crippen LogP contribution in [0.5, 0.6) is 0 Å². The first kappa shape index (κ1) is 10.3. The predicted molar refractivity (Wildman–Crippen MR) is 54.9 cm³/mol. The third-order valence-corrected chi connectivity index (χ3v) is 2.39. The van der Waals surface area contributed by atoms with E-state index in [1.807, 2.05) is 18.8 Å². The molecule has 6 heteroatoms. The quantitative estimate of drug-likeness (QED) is 0.762. The molecule has 1 atom stereocenters. The molecule has 1 aromatic heterocycles. The van der Waals surface area contributed by atoms with Crippen molar-refractivity contribution in [1.29, 1.82) is 0 Å². The van der Waals surface area contributed by atoms with Crippen molar-refractivity contribution in [3.8, 4) is 0 Å². The predicted octanol–water partition coefficient (Wildman–Crippen LogP) is 0.764. The van der Waals surface area contributed by atoms with Crippen LogP contribution in [0.3, 0.4) is 0 Å². The van der Waals surface area contributed by atoms with Gasteiger partial charge in [0.15, 0.2) is 0 Å². The Morgan fingerprint density at radius 1 is 1.62 bits per heavy atom. The molecule has 0 amide bonds. The highest BCUT2D eigenvalue weighted by molar-refractivity contribution is 7.98. The fourth-order valence-electron chi connectivity index (χ4n) is 0.939. The van der Waals surface area contributed by atoms with E-state index in [0.717, 1.165) is 18.1 Å². The Hall–Kier alpha value is -0.780. The highest BCUT2D eigenvalue weighted by atomic mass is 32.2. The molecule has 5 nitrogen and oxygen atoms in total. The average molecular weight is 201 g/mol. The lowest BCUT2D eigenvalue weighted by molar-refractivity contribution is 0.695. The molecule has 0 radical (unpaired) electrons. The average Bonchev–Trinajstić information content (AvgIpc) is 2.48. The lowest BCUT2D eigenvalue weighted by Crippen LogP contribution is -2.18. The van der Waals surface area contributed by atoms with E-state index < -0.39 is 0 Å². The summed E-state index contributed by atoms with van der Waals surface area (Å²) in [6, 6.07) is 0.414. The standard InChI is InChI=1S/C7H15N5S/c1-6(4-5-13-3)8-7-9-10-11-12(7)2/h6H,4-5H2,1-3H3,(H,8,9,11). The molecule has 1 aromatic rings. The number of tetrazole rings is 1. The molecular formula is C7H15N5S. The first-order valence-electron chi connectivity index (χ1n) is 4.22. The summed E-state index contributed by atoms with van der Waals surface area (Å²) in [5.74, 6) is 1.88. The van der Waals surface area contributed by atoms with Crippen molar-refractivity contribution in [1.82, 2.24) is 20.2 Å². The molecule has 1 N–H and O–H groups in total. The van der Waals surface area contributed by atoms with Gasteiger partial charge >= 0.3 is 0 Å². The van der Waals surface area contributed by atoms with Gasteiger partial charge in [0.25, 0.3) is 0 Å². The molecule has 0 spiro atoms. The summed E-state index contributed by atoms with van der Waals surface area (Å²) in [6.45, 7) is 2.13. The molecule has 74 valence electrons. The molecule has 0 aliphatic carbocycles. The maximum Gasteiger partial charge on any atom is 0.242 e. The van der Waals surface area contributed by atoms with Gasteiger partial charge in [-0.2, -0.15) is 11.8 Å². The third-order valence-electron chi connectivity index (χ3n) is 1.75. The van der Waals surface area contributed by atoms with Crippen molar-refractivity contribution in [3.05, 3.63) is 0 Å². The van der Waals surface area contributed by atoms with E-state index in [1.54, 1.807) is 4.68 Å². The van der Waals surface area contributed by atoms with Gasteiger partial charge in [-0.3, -0.25) is 0 Å². The van der Waals surface area contributed by atoms with Crippen LogP contribution >= 0.6 is 11.8 Å². The topological polar surface area (TPSA) is 55.6 Å². The summed E-state index contributed by atoms with van der Waals surface area (Å²) in [6.07, 6.45) is 3.23. The number of hydrogen-bond donors (Lipinski definition) is 1. The van der Waals surface area contributed by atoms with Crippen LogP contribution in [0, 0.1) is 0 Å². The number of hydrogen-bond acceptors (Lipinski definition) is 5. The van der Waals surface area contributed by atoms with E-state index in [-0.39, 0.29) is 0 Å². The largest absolute Gasteiger partial charge is 0.351 e. The Labute approximate surface area is 82.3 Å². The van der Waals surface area contributed by atoms with E-state index >= 15 is 0 Å². The van der Waals surface area contributed by atoms with Crippen LogP contribution in [0.1, 0.15) is 13.3 Å². The number of aromatic nitrogens is 4. The first-order valence-corrected chi connectivity index (χ1v) is 5.61. The number of nitrogens with one attached hydrogen (secondary N) is 1. The maximum atomic E-state index is 3.85. The monoisotopic (exact) mass is 201 g/mol. The summed E-state index contributed by atoms with van der Waals surface area (Å²) in [5, 5.41) is 14.4. The number of thioether (sulfide) groups is 1. The van der Waals surface area contributed by atoms with Gasteiger partial charge in [-0.05, 0) is 35.8 Å². The van der Waals surface area contributed by atoms with Gasteiger partial charge in [0.2, 0.25) is 5.95 Å². The van der Waals surface area contributed by atoms with Crippen LogP contribution in [0.2, 0.25) is 0 Å². The number of aryl methyl sites for hydroxylation is 1. The molecule has 0 saturated carbocycles. The zero-order chi connectivity index (χ0) is 9.68. The summed E-state index contributed by atoms with van der Waals surface area (Å²) < 4.78 is 1.63. The summed E-state index contributed by atoms with van der Waals surface area (Å²) in [7, 11) is 1.82. The minimum Gasteiger partial charge on any atom is -0.351 e. The molecule has 0 aliphatic rings. The molecule has 13 heavy (non-hydrogen) atoms. The summed E-state index contributed by atoms with van der Waals surface area (Å²) >= 11 is 1.85. The molecule has 1 unspecified atom stereocenters.